The van der Waals surface area contributed by atoms with Gasteiger partial charge in [0.05, 0.1) is 18.2 Å². The molecule has 1 fully saturated rings. The third-order valence-electron chi connectivity index (χ3n) is 3.62. The lowest BCUT2D eigenvalue weighted by Gasteiger charge is -2.44. The zero-order chi connectivity index (χ0) is 15.1. The molecule has 1 aliphatic rings. The highest BCUT2D eigenvalue weighted by molar-refractivity contribution is 6.32. The van der Waals surface area contributed by atoms with Crippen molar-refractivity contribution in [2.45, 2.75) is 38.0 Å². The van der Waals surface area contributed by atoms with Crippen LogP contribution in [0.5, 0.6) is 5.75 Å². The van der Waals surface area contributed by atoms with E-state index in [0.717, 1.165) is 25.1 Å². The highest BCUT2D eigenvalue weighted by Crippen LogP contribution is 2.32. The van der Waals surface area contributed by atoms with E-state index >= 15 is 0 Å². The number of benzene rings is 1. The lowest BCUT2D eigenvalue weighted by atomic mass is 9.85. The Bertz CT molecular complexity index is 430. The topological polar surface area (TPSA) is 39.7 Å². The van der Waals surface area contributed by atoms with E-state index < -0.39 is 0 Å². The number of nitrogens with one attached hydrogen (secondary N) is 1. The SMILES string of the molecule is CCCNC1CC(Oc2ccccc2Cl)C1OCCOC. The maximum absolute atomic E-state index is 6.14. The van der Waals surface area contributed by atoms with Crippen molar-refractivity contribution in [3.05, 3.63) is 29.3 Å². The average molecular weight is 314 g/mol. The molecule has 3 unspecified atom stereocenters. The summed E-state index contributed by atoms with van der Waals surface area (Å²) in [6.07, 6.45) is 2.12. The summed E-state index contributed by atoms with van der Waals surface area (Å²) >= 11 is 6.14. The molecule has 2 rings (SSSR count). The zero-order valence-corrected chi connectivity index (χ0v) is 13.4. The molecule has 1 saturated carbocycles. The molecule has 1 aromatic rings. The van der Waals surface area contributed by atoms with Crippen LogP contribution in [0.4, 0.5) is 0 Å². The van der Waals surface area contributed by atoms with Gasteiger partial charge in [-0.3, -0.25) is 0 Å². The van der Waals surface area contributed by atoms with Gasteiger partial charge in [-0.05, 0) is 25.1 Å². The molecule has 1 aromatic carbocycles. The van der Waals surface area contributed by atoms with Crippen LogP contribution in [0.3, 0.4) is 0 Å². The molecule has 21 heavy (non-hydrogen) atoms. The molecule has 0 saturated heterocycles. The van der Waals surface area contributed by atoms with Gasteiger partial charge in [-0.2, -0.15) is 0 Å². The molecule has 1 aliphatic carbocycles. The largest absolute Gasteiger partial charge is 0.486 e. The van der Waals surface area contributed by atoms with Crippen LogP contribution in [0.25, 0.3) is 0 Å². The second-order valence-corrected chi connectivity index (χ2v) is 5.62. The molecule has 118 valence electrons. The van der Waals surface area contributed by atoms with E-state index in [9.17, 15) is 0 Å². The Hall–Kier alpha value is -0.810. The summed E-state index contributed by atoms with van der Waals surface area (Å²) in [4.78, 5) is 0. The smallest absolute Gasteiger partial charge is 0.138 e. The second-order valence-electron chi connectivity index (χ2n) is 5.21. The quantitative estimate of drug-likeness (QED) is 0.712. The van der Waals surface area contributed by atoms with Gasteiger partial charge in [0, 0.05) is 19.6 Å². The van der Waals surface area contributed by atoms with Crippen molar-refractivity contribution < 1.29 is 14.2 Å². The fraction of sp³-hybridized carbons (Fsp3) is 0.625. The minimum absolute atomic E-state index is 0.0381. The van der Waals surface area contributed by atoms with E-state index in [1.54, 1.807) is 7.11 Å². The van der Waals surface area contributed by atoms with Crippen LogP contribution in [0.15, 0.2) is 24.3 Å². The molecule has 0 aromatic heterocycles. The lowest BCUT2D eigenvalue weighted by Crippen LogP contribution is -2.61. The fourth-order valence-electron chi connectivity index (χ4n) is 2.42. The van der Waals surface area contributed by atoms with Crippen molar-refractivity contribution in [2.24, 2.45) is 0 Å². The molecule has 0 radical (unpaired) electrons. The first-order valence-corrected chi connectivity index (χ1v) is 7.89. The van der Waals surface area contributed by atoms with Gasteiger partial charge in [-0.1, -0.05) is 30.7 Å². The second kappa shape index (κ2) is 8.59. The normalized spacial score (nSPS) is 24.6. The van der Waals surface area contributed by atoms with Crippen LogP contribution in [0, 0.1) is 0 Å². The highest BCUT2D eigenvalue weighted by Gasteiger charge is 2.43. The summed E-state index contributed by atoms with van der Waals surface area (Å²) in [6, 6.07) is 7.89. The van der Waals surface area contributed by atoms with Gasteiger partial charge in [0.1, 0.15) is 18.0 Å². The van der Waals surface area contributed by atoms with E-state index in [1.165, 1.54) is 0 Å². The van der Waals surface area contributed by atoms with Gasteiger partial charge in [0.15, 0.2) is 0 Å². The van der Waals surface area contributed by atoms with Gasteiger partial charge in [0.25, 0.3) is 0 Å². The van der Waals surface area contributed by atoms with Crippen molar-refractivity contribution in [2.75, 3.05) is 26.9 Å². The lowest BCUT2D eigenvalue weighted by molar-refractivity contribution is -0.115. The Balaban J connectivity index is 1.90. The Labute approximate surface area is 131 Å². The summed E-state index contributed by atoms with van der Waals surface area (Å²) in [5, 5.41) is 4.13. The van der Waals surface area contributed by atoms with E-state index in [1.807, 2.05) is 24.3 Å². The molecule has 0 amide bonds. The third-order valence-corrected chi connectivity index (χ3v) is 3.93. The first kappa shape index (κ1) is 16.6. The summed E-state index contributed by atoms with van der Waals surface area (Å²) in [5.41, 5.74) is 0. The third kappa shape index (κ3) is 4.58. The summed E-state index contributed by atoms with van der Waals surface area (Å²) in [7, 11) is 1.68. The maximum Gasteiger partial charge on any atom is 0.138 e. The van der Waals surface area contributed by atoms with Crippen molar-refractivity contribution >= 4 is 11.6 Å². The fourth-order valence-corrected chi connectivity index (χ4v) is 2.60. The van der Waals surface area contributed by atoms with Crippen LogP contribution in [-0.2, 0) is 9.47 Å². The predicted molar refractivity (Wildman–Crippen MR) is 84.2 cm³/mol. The van der Waals surface area contributed by atoms with Gasteiger partial charge in [-0.25, -0.2) is 0 Å². The Morgan fingerprint density at radius 3 is 2.81 bits per heavy atom. The van der Waals surface area contributed by atoms with Crippen LogP contribution < -0.4 is 10.1 Å². The van der Waals surface area contributed by atoms with Crippen LogP contribution in [-0.4, -0.2) is 45.1 Å². The standard InChI is InChI=1S/C16H24ClNO3/c1-3-8-18-13-11-15(16(13)20-10-9-19-2)21-14-7-5-4-6-12(14)17/h4-7,13,15-16,18H,3,8-11H2,1-2H3. The number of hydrogen-bond acceptors (Lipinski definition) is 4. The number of methoxy groups -OCH3 is 1. The summed E-state index contributed by atoms with van der Waals surface area (Å²) in [6.45, 7) is 4.32. The van der Waals surface area contributed by atoms with Crippen molar-refractivity contribution in [1.82, 2.24) is 5.32 Å². The number of ether oxygens (including phenoxy) is 3. The van der Waals surface area contributed by atoms with Crippen molar-refractivity contribution in [3.8, 4) is 5.75 Å². The van der Waals surface area contributed by atoms with Gasteiger partial charge < -0.3 is 19.5 Å². The van der Waals surface area contributed by atoms with Gasteiger partial charge in [0.2, 0.25) is 0 Å². The molecule has 3 atom stereocenters. The molecule has 0 bridgehead atoms. The predicted octanol–water partition coefficient (Wildman–Crippen LogP) is 2.89. The van der Waals surface area contributed by atoms with Crippen LogP contribution in [0.2, 0.25) is 5.02 Å². The Morgan fingerprint density at radius 1 is 1.29 bits per heavy atom. The molecule has 0 aliphatic heterocycles. The Morgan fingerprint density at radius 2 is 2.10 bits per heavy atom. The monoisotopic (exact) mass is 313 g/mol. The van der Waals surface area contributed by atoms with Crippen molar-refractivity contribution in [1.29, 1.82) is 0 Å². The van der Waals surface area contributed by atoms with Gasteiger partial charge in [-0.15, -0.1) is 0 Å². The molecule has 4 nitrogen and oxygen atoms in total. The van der Waals surface area contributed by atoms with E-state index in [2.05, 4.69) is 12.2 Å². The maximum atomic E-state index is 6.14. The van der Waals surface area contributed by atoms with E-state index in [4.69, 9.17) is 25.8 Å². The summed E-state index contributed by atoms with van der Waals surface area (Å²) in [5.74, 6) is 0.721. The number of halogens is 1. The minimum Gasteiger partial charge on any atom is -0.486 e. The molecule has 0 spiro atoms. The molecule has 5 heteroatoms. The van der Waals surface area contributed by atoms with Crippen molar-refractivity contribution in [3.63, 3.8) is 0 Å². The number of rotatable bonds is 9. The highest BCUT2D eigenvalue weighted by atomic mass is 35.5. The molecular formula is C16H24ClNO3. The molecule has 0 heterocycles. The van der Waals surface area contributed by atoms with E-state index in [-0.39, 0.29) is 12.2 Å². The number of para-hydroxylation sites is 1. The number of hydrogen-bond donors (Lipinski definition) is 1. The first-order valence-electron chi connectivity index (χ1n) is 7.51. The Kier molecular flexibility index (Phi) is 6.77. The van der Waals surface area contributed by atoms with Gasteiger partial charge >= 0.3 is 0 Å². The first-order chi connectivity index (χ1) is 10.3. The van der Waals surface area contributed by atoms with E-state index in [0.29, 0.717) is 24.3 Å². The van der Waals surface area contributed by atoms with Crippen LogP contribution in [0.1, 0.15) is 19.8 Å². The zero-order valence-electron chi connectivity index (χ0n) is 12.7. The minimum atomic E-state index is 0.0381. The molecular weight excluding hydrogens is 290 g/mol. The summed E-state index contributed by atoms with van der Waals surface area (Å²) < 4.78 is 16.9. The van der Waals surface area contributed by atoms with Crippen LogP contribution >= 0.6 is 11.6 Å². The molecule has 1 N–H and O–H groups in total. The average Bonchev–Trinajstić information content (AvgIpc) is 2.48.